The Kier molecular flexibility index (Phi) is 2.87. The topological polar surface area (TPSA) is 54.2 Å². The summed E-state index contributed by atoms with van der Waals surface area (Å²) in [6.45, 7) is 4.75. The minimum atomic E-state index is -0.645. The Morgan fingerprint density at radius 1 is 1.20 bits per heavy atom. The highest BCUT2D eigenvalue weighted by atomic mass is 16.3. The van der Waals surface area contributed by atoms with E-state index >= 15 is 0 Å². The highest BCUT2D eigenvalue weighted by molar-refractivity contribution is 5.80. The van der Waals surface area contributed by atoms with Crippen molar-refractivity contribution >= 4 is 16.7 Å². The molecular formula is C20H22N4O. The van der Waals surface area contributed by atoms with Crippen LogP contribution < -0.4 is 4.90 Å². The van der Waals surface area contributed by atoms with Gasteiger partial charge in [0.1, 0.15) is 5.82 Å². The molecule has 3 fully saturated rings. The Labute approximate surface area is 146 Å². The normalized spacial score (nSPS) is 25.4. The molecule has 2 aliphatic heterocycles. The molecule has 4 heterocycles. The first kappa shape index (κ1) is 14.9. The van der Waals surface area contributed by atoms with Gasteiger partial charge in [0.25, 0.3) is 0 Å². The van der Waals surface area contributed by atoms with Crippen LogP contribution in [-0.2, 0) is 0 Å². The average Bonchev–Trinajstić information content (AvgIpc) is 3.25. The molecule has 0 spiro atoms. The van der Waals surface area contributed by atoms with Crippen molar-refractivity contribution in [2.24, 2.45) is 5.41 Å². The number of nitrogens with zero attached hydrogens (tertiary/aromatic N) is 4. The summed E-state index contributed by atoms with van der Waals surface area (Å²) in [4.78, 5) is 6.96. The molecule has 0 atom stereocenters. The maximum atomic E-state index is 10.5. The van der Waals surface area contributed by atoms with E-state index in [1.165, 1.54) is 0 Å². The number of anilines is 1. The van der Waals surface area contributed by atoms with Gasteiger partial charge in [-0.3, -0.25) is 0 Å². The molecule has 2 saturated heterocycles. The van der Waals surface area contributed by atoms with Crippen molar-refractivity contribution in [2.45, 2.75) is 38.3 Å². The Bertz CT molecular complexity index is 949. The largest absolute Gasteiger partial charge is 0.390 e. The summed E-state index contributed by atoms with van der Waals surface area (Å²) in [5.41, 5.74) is 1.48. The van der Waals surface area contributed by atoms with Crippen LogP contribution in [0.1, 0.15) is 26.7 Å². The summed E-state index contributed by atoms with van der Waals surface area (Å²) in [6.07, 6.45) is 5.85. The predicted molar refractivity (Wildman–Crippen MR) is 98.0 cm³/mol. The highest BCUT2D eigenvalue weighted by Gasteiger charge is 2.62. The summed E-state index contributed by atoms with van der Waals surface area (Å²) in [6, 6.07) is 12.8. The Balaban J connectivity index is 1.51. The number of pyridine rings is 1. The van der Waals surface area contributed by atoms with Crippen LogP contribution in [0.4, 0.5) is 5.82 Å². The first-order chi connectivity index (χ1) is 12.0. The van der Waals surface area contributed by atoms with E-state index in [0.29, 0.717) is 6.04 Å². The number of hydrogen-bond acceptors (Lipinski definition) is 4. The van der Waals surface area contributed by atoms with Gasteiger partial charge in [0, 0.05) is 35.7 Å². The molecule has 1 N–H and O–H groups in total. The lowest BCUT2D eigenvalue weighted by Crippen LogP contribution is -2.50. The van der Waals surface area contributed by atoms with Gasteiger partial charge in [0.05, 0.1) is 23.0 Å². The number of aliphatic hydroxyl groups is 1. The van der Waals surface area contributed by atoms with Gasteiger partial charge >= 0.3 is 0 Å². The minimum absolute atomic E-state index is 0.00769. The molecule has 5 nitrogen and oxygen atoms in total. The molecule has 2 bridgehead atoms. The van der Waals surface area contributed by atoms with E-state index in [2.05, 4.69) is 33.2 Å². The van der Waals surface area contributed by atoms with Crippen LogP contribution in [0.5, 0.6) is 0 Å². The van der Waals surface area contributed by atoms with E-state index in [4.69, 9.17) is 0 Å². The predicted octanol–water partition coefficient (Wildman–Crippen LogP) is 3.16. The third-order valence-electron chi connectivity index (χ3n) is 6.21. The number of hydrogen-bond donors (Lipinski definition) is 1. The molecule has 5 heteroatoms. The maximum absolute atomic E-state index is 10.5. The van der Waals surface area contributed by atoms with Crippen LogP contribution >= 0.6 is 0 Å². The van der Waals surface area contributed by atoms with Gasteiger partial charge in [-0.15, -0.1) is 0 Å². The summed E-state index contributed by atoms with van der Waals surface area (Å²) < 4.78 is 1.96. The molecule has 1 aromatic carbocycles. The van der Waals surface area contributed by atoms with Gasteiger partial charge in [0.2, 0.25) is 0 Å². The van der Waals surface area contributed by atoms with E-state index in [-0.39, 0.29) is 5.41 Å². The first-order valence-corrected chi connectivity index (χ1v) is 8.85. The summed E-state index contributed by atoms with van der Waals surface area (Å²) in [7, 11) is 0. The number of para-hydroxylation sites is 1. The van der Waals surface area contributed by atoms with Crippen LogP contribution in [0.2, 0.25) is 0 Å². The van der Waals surface area contributed by atoms with E-state index in [1.54, 1.807) is 0 Å². The maximum Gasteiger partial charge on any atom is 0.130 e. The second-order valence-electron chi connectivity index (χ2n) is 8.02. The van der Waals surface area contributed by atoms with Crippen molar-refractivity contribution in [3.63, 3.8) is 0 Å². The quantitative estimate of drug-likeness (QED) is 0.799. The number of fused-ring (bicyclic) bond motifs is 2. The third-order valence-corrected chi connectivity index (χ3v) is 6.21. The van der Waals surface area contributed by atoms with Crippen LogP contribution in [0.25, 0.3) is 16.6 Å². The second kappa shape index (κ2) is 4.82. The van der Waals surface area contributed by atoms with Crippen molar-refractivity contribution < 1.29 is 5.11 Å². The molecule has 3 aromatic rings. The molecule has 0 unspecified atom stereocenters. The van der Waals surface area contributed by atoms with Gasteiger partial charge in [-0.25, -0.2) is 9.67 Å². The molecule has 1 aliphatic carbocycles. The highest BCUT2D eigenvalue weighted by Crippen LogP contribution is 2.58. The van der Waals surface area contributed by atoms with Gasteiger partial charge in [-0.2, -0.15) is 5.10 Å². The zero-order chi connectivity index (χ0) is 17.2. The molecule has 1 saturated carbocycles. The fraction of sp³-hybridized carbons (Fsp3) is 0.400. The van der Waals surface area contributed by atoms with Gasteiger partial charge < -0.3 is 10.0 Å². The smallest absolute Gasteiger partial charge is 0.130 e. The molecular weight excluding hydrogens is 312 g/mol. The van der Waals surface area contributed by atoms with Crippen molar-refractivity contribution in [3.05, 3.63) is 48.8 Å². The van der Waals surface area contributed by atoms with Gasteiger partial charge in [-0.05, 0) is 38.8 Å². The van der Waals surface area contributed by atoms with Crippen LogP contribution in [0.3, 0.4) is 0 Å². The van der Waals surface area contributed by atoms with E-state index in [1.807, 2.05) is 49.1 Å². The standard InChI is InChI=1S/C20H22N4O/c1-19(2,25)20-10-16(11-20)23(13-20)18-9-15(7-8-21-18)24-17-6-4-3-5-14(17)12-22-24/h3-9,12,16,25H,10-11,13H2,1-2H3. The number of benzene rings is 1. The third kappa shape index (κ3) is 2.05. The van der Waals surface area contributed by atoms with E-state index in [9.17, 15) is 5.11 Å². The summed E-state index contributed by atoms with van der Waals surface area (Å²) in [5, 5.41) is 16.2. The van der Waals surface area contributed by atoms with E-state index in [0.717, 1.165) is 41.8 Å². The molecule has 6 rings (SSSR count). The zero-order valence-electron chi connectivity index (χ0n) is 14.6. The molecule has 25 heavy (non-hydrogen) atoms. The number of rotatable bonds is 3. The molecule has 0 radical (unpaired) electrons. The van der Waals surface area contributed by atoms with Crippen molar-refractivity contribution in [2.75, 3.05) is 11.4 Å². The Hall–Kier alpha value is -2.40. The lowest BCUT2D eigenvalue weighted by molar-refractivity contribution is -0.0754. The summed E-state index contributed by atoms with van der Waals surface area (Å²) in [5.74, 6) is 0.978. The SMILES string of the molecule is CC(C)(O)C12CC(C1)N(c1cc(-n3ncc4ccccc43)ccn1)C2. The molecule has 128 valence electrons. The minimum Gasteiger partial charge on any atom is -0.390 e. The fourth-order valence-electron chi connectivity index (χ4n) is 4.48. The van der Waals surface area contributed by atoms with Crippen molar-refractivity contribution in [1.29, 1.82) is 0 Å². The monoisotopic (exact) mass is 334 g/mol. The van der Waals surface area contributed by atoms with Gasteiger partial charge in [0.15, 0.2) is 0 Å². The Morgan fingerprint density at radius 3 is 2.76 bits per heavy atom. The van der Waals surface area contributed by atoms with Crippen molar-refractivity contribution in [1.82, 2.24) is 14.8 Å². The number of aromatic nitrogens is 3. The molecule has 2 aromatic heterocycles. The summed E-state index contributed by atoms with van der Waals surface area (Å²) >= 11 is 0. The van der Waals surface area contributed by atoms with Crippen LogP contribution in [0, 0.1) is 5.41 Å². The molecule has 3 aliphatic rings. The van der Waals surface area contributed by atoms with E-state index < -0.39 is 5.60 Å². The average molecular weight is 334 g/mol. The molecule has 0 amide bonds. The first-order valence-electron chi connectivity index (χ1n) is 8.85. The van der Waals surface area contributed by atoms with Crippen LogP contribution in [-0.4, -0.2) is 38.1 Å². The van der Waals surface area contributed by atoms with Crippen molar-refractivity contribution in [3.8, 4) is 5.69 Å². The fourth-order valence-corrected chi connectivity index (χ4v) is 4.48. The second-order valence-corrected chi connectivity index (χ2v) is 8.02. The van der Waals surface area contributed by atoms with Gasteiger partial charge in [-0.1, -0.05) is 18.2 Å². The lowest BCUT2D eigenvalue weighted by atomic mass is 9.61. The zero-order valence-corrected chi connectivity index (χ0v) is 14.6. The Morgan fingerprint density at radius 2 is 2.00 bits per heavy atom. The van der Waals surface area contributed by atoms with Crippen LogP contribution in [0.15, 0.2) is 48.8 Å². The lowest BCUT2D eigenvalue weighted by Gasteiger charge is -2.45.